The molecule has 111 heavy (non-hydrogen) atoms. The van der Waals surface area contributed by atoms with Gasteiger partial charge in [-0.1, -0.05) is 161 Å². The van der Waals surface area contributed by atoms with Crippen molar-refractivity contribution in [2.45, 2.75) is 334 Å². The number of hydrogen-bond acceptors (Lipinski definition) is 27. The lowest BCUT2D eigenvalue weighted by Crippen LogP contribution is -2.48. The third-order valence-corrected chi connectivity index (χ3v) is 26.3. The predicted octanol–water partition coefficient (Wildman–Crippen LogP) is 13.4. The molecular weight excluding hydrogens is 1490 g/mol. The Morgan fingerprint density at radius 3 is 1.10 bits per heavy atom. The largest absolute Gasteiger partial charge is 0.460 e. The SMILES string of the molecule is CC(C)(C)OC(=O)CCN1CCC[C@H]1C(=O)Nc1cc(C(C)(C)C)no1.CC(C)(C)c1nnc(NC(=O)[C@@H]2CCCN2C2CC2)s1.CC(C)(C)c1nnc(NC(=O)[C@@H]2CCCN2C2CCC2)s1.CC(C)(C)c1nnc(NC(=O)[C@@H]2CCCN2C2CCOCC2)s1.CC(C)(C)c1nnc(NC(=O)[C@@H]2CCCN2CC2CC2)s1. The van der Waals surface area contributed by atoms with Crippen molar-refractivity contribution in [3.8, 4) is 0 Å². The van der Waals surface area contributed by atoms with Crippen molar-refractivity contribution < 1.29 is 42.8 Å². The predicted molar refractivity (Wildman–Crippen MR) is 439 cm³/mol. The summed E-state index contributed by atoms with van der Waals surface area (Å²) in [6.07, 6.45) is 21.2. The Kier molecular flexibility index (Phi) is 29.7. The van der Waals surface area contributed by atoms with Gasteiger partial charge in [-0.15, -0.1) is 40.8 Å². The van der Waals surface area contributed by atoms with E-state index in [-0.39, 0.29) is 99.2 Å². The molecule has 9 fully saturated rings. The van der Waals surface area contributed by atoms with Gasteiger partial charge in [0.05, 0.1) is 42.3 Å². The number of rotatable bonds is 18. The molecule has 6 aliphatic heterocycles. The molecule has 5 aromatic heterocycles. The lowest BCUT2D eigenvalue weighted by atomic mass is 9.91. The third kappa shape index (κ3) is 25.8. The number of ether oxygens (including phenoxy) is 2. The van der Waals surface area contributed by atoms with Crippen LogP contribution < -0.4 is 26.6 Å². The van der Waals surface area contributed by atoms with Crippen LogP contribution in [0.4, 0.5) is 26.4 Å². The minimum absolute atomic E-state index is 0.0198. The van der Waals surface area contributed by atoms with Gasteiger partial charge < -0.3 is 14.0 Å². The minimum atomic E-state index is -0.490. The van der Waals surface area contributed by atoms with E-state index in [4.69, 9.17) is 14.0 Å². The molecule has 3 aliphatic carbocycles. The van der Waals surface area contributed by atoms with E-state index in [0.717, 1.165) is 161 Å². The summed E-state index contributed by atoms with van der Waals surface area (Å²) in [5.74, 6) is 1.15. The summed E-state index contributed by atoms with van der Waals surface area (Å²) < 4.78 is 16.0. The average Bonchev–Trinajstić information content (AvgIpc) is 1.68. The van der Waals surface area contributed by atoms with E-state index < -0.39 is 5.60 Å². The molecule has 5 aromatic rings. The fraction of sp³-hybridized carbons (Fsp3) is 0.785. The summed E-state index contributed by atoms with van der Waals surface area (Å²) in [7, 11) is 0. The van der Waals surface area contributed by atoms with Crippen LogP contribution in [0.3, 0.4) is 0 Å². The topological polar surface area (TPSA) is 326 Å². The maximum atomic E-state index is 12.7. The van der Waals surface area contributed by atoms with E-state index in [1.807, 2.05) is 46.4 Å². The van der Waals surface area contributed by atoms with E-state index in [0.29, 0.717) is 51.1 Å². The van der Waals surface area contributed by atoms with Crippen LogP contribution in [0.25, 0.3) is 0 Å². The molecule has 0 radical (unpaired) electrons. The van der Waals surface area contributed by atoms with E-state index >= 15 is 0 Å². The van der Waals surface area contributed by atoms with E-state index in [9.17, 15) is 28.8 Å². The Balaban J connectivity index is 0.000000148. The summed E-state index contributed by atoms with van der Waals surface area (Å²) in [5, 5.41) is 58.2. The first kappa shape index (κ1) is 87.4. The van der Waals surface area contributed by atoms with Crippen LogP contribution in [0, 0.1) is 5.92 Å². The molecular formula is C79H127N19O9S4. The standard InChI is InChI=1S/C19H31N3O4.C16H26N4O2S.2C15H24N4OS.C14H22N4OS/c1-18(2,3)14-12-15(26-21-14)20-17(24)13-8-7-10-22(13)11-9-16(23)25-19(4,5)6;1-16(2,3)14-18-19-15(23-14)17-13(21)12-5-4-8-20(12)11-6-9-22-10-7-11;1-15(2,3)13-17-18-14(21-13)16-12(20)11-8-5-9-19(11)10-6-4-7-10;1-15(2,3)13-17-18-14(21-13)16-12(20)11-5-4-8-19(11)9-10-6-7-10;1-14(2,3)12-16-17-13(20-12)15-11(19)10-5-4-8-18(10)9-6-7-9/h12-13H,7-11H2,1-6H3,(H,20,24);11-12H,4-10H2,1-3H3,(H,17,19,21);2*10-11H,4-9H2,1-3H3,(H,16,18,20);9-10H,4-8H2,1-3H3,(H,15,17,19)/t13-;12-;2*11-;10-/m00000/s1. The number of hydrogen-bond donors (Lipinski definition) is 5. The van der Waals surface area contributed by atoms with Crippen molar-refractivity contribution in [2.24, 2.45) is 5.92 Å². The van der Waals surface area contributed by atoms with Gasteiger partial charge >= 0.3 is 5.97 Å². The van der Waals surface area contributed by atoms with Crippen molar-refractivity contribution in [1.82, 2.24) is 70.4 Å². The van der Waals surface area contributed by atoms with Crippen LogP contribution >= 0.6 is 45.3 Å². The van der Waals surface area contributed by atoms with Gasteiger partial charge in [-0.2, -0.15) is 0 Å². The number of esters is 1. The first-order valence-corrected chi connectivity index (χ1v) is 43.9. The molecule has 5 amide bonds. The number of amides is 5. The van der Waals surface area contributed by atoms with Crippen LogP contribution in [-0.2, 0) is 65.3 Å². The van der Waals surface area contributed by atoms with Crippen LogP contribution in [-0.4, -0.2) is 219 Å². The number of likely N-dealkylation sites (tertiary alicyclic amines) is 5. The smallest absolute Gasteiger partial charge is 0.307 e. The summed E-state index contributed by atoms with van der Waals surface area (Å²) in [6, 6.07) is 3.28. The normalized spacial score (nSPS) is 22.7. The fourth-order valence-electron chi connectivity index (χ4n) is 14.6. The third-order valence-electron chi connectivity index (χ3n) is 21.3. The molecule has 6 saturated heterocycles. The number of nitrogens with zero attached hydrogens (tertiary/aromatic N) is 14. The zero-order valence-electron chi connectivity index (χ0n) is 69.3. The summed E-state index contributed by atoms with van der Waals surface area (Å²) in [5.41, 5.74) is 0.0598. The highest BCUT2D eigenvalue weighted by molar-refractivity contribution is 7.16. The number of nitrogens with one attached hydrogen (secondary N) is 5. The molecule has 5 atom stereocenters. The second-order valence-electron chi connectivity index (χ2n) is 37.4. The number of carbonyl (C=O) groups is 6. The van der Waals surface area contributed by atoms with Gasteiger partial charge in [0, 0.05) is 77.6 Å². The zero-order valence-corrected chi connectivity index (χ0v) is 72.6. The molecule has 3 saturated carbocycles. The molecule has 9 aliphatic rings. The number of carbonyl (C=O) groups excluding carboxylic acids is 6. The Hall–Kier alpha value is -5.97. The van der Waals surface area contributed by atoms with Crippen LogP contribution in [0.5, 0.6) is 0 Å². The first-order valence-electron chi connectivity index (χ1n) is 40.7. The first-order chi connectivity index (χ1) is 52.2. The Labute approximate surface area is 673 Å². The van der Waals surface area contributed by atoms with Gasteiger partial charge in [0.15, 0.2) is 0 Å². The molecule has 0 aromatic carbocycles. The van der Waals surface area contributed by atoms with Crippen molar-refractivity contribution in [3.05, 3.63) is 31.8 Å². The Morgan fingerprint density at radius 2 is 0.757 bits per heavy atom. The second-order valence-corrected chi connectivity index (χ2v) is 41.3. The highest BCUT2D eigenvalue weighted by Gasteiger charge is 2.43. The van der Waals surface area contributed by atoms with E-state index in [2.05, 4.69) is 175 Å². The van der Waals surface area contributed by atoms with Gasteiger partial charge in [0.25, 0.3) is 0 Å². The van der Waals surface area contributed by atoms with Gasteiger partial charge in [0.1, 0.15) is 25.6 Å². The van der Waals surface area contributed by atoms with E-state index in [1.165, 1.54) is 90.3 Å². The highest BCUT2D eigenvalue weighted by Crippen LogP contribution is 2.39. The van der Waals surface area contributed by atoms with Gasteiger partial charge in [0.2, 0.25) is 55.9 Å². The molecule has 5 N–H and O–H groups in total. The number of aromatic nitrogens is 9. The van der Waals surface area contributed by atoms with Gasteiger partial charge in [-0.25, -0.2) is 0 Å². The Bertz CT molecular complexity index is 3870. The number of anilines is 5. The molecule has 32 heteroatoms. The van der Waals surface area contributed by atoms with Crippen LogP contribution in [0.2, 0.25) is 0 Å². The zero-order chi connectivity index (χ0) is 80.4. The summed E-state index contributed by atoms with van der Waals surface area (Å²) in [4.78, 5) is 86.1. The minimum Gasteiger partial charge on any atom is -0.460 e. The maximum Gasteiger partial charge on any atom is 0.307 e. The highest BCUT2D eigenvalue weighted by atomic mass is 32.1. The van der Waals surface area contributed by atoms with Crippen LogP contribution in [0.15, 0.2) is 10.6 Å². The summed E-state index contributed by atoms with van der Waals surface area (Å²) in [6.45, 7) is 45.1. The van der Waals surface area contributed by atoms with Crippen LogP contribution in [0.1, 0.15) is 279 Å². The fourth-order valence-corrected chi connectivity index (χ4v) is 17.8. The molecule has 0 unspecified atom stereocenters. The van der Waals surface area contributed by atoms with Crippen molar-refractivity contribution >= 4 is 107 Å². The van der Waals surface area contributed by atoms with Gasteiger partial charge in [-0.3, -0.25) is 79.9 Å². The maximum absolute atomic E-state index is 12.7. The van der Waals surface area contributed by atoms with Crippen molar-refractivity contribution in [1.29, 1.82) is 0 Å². The lowest BCUT2D eigenvalue weighted by Gasteiger charge is -2.37. The monoisotopic (exact) mass is 1610 g/mol. The Morgan fingerprint density at radius 1 is 0.405 bits per heavy atom. The summed E-state index contributed by atoms with van der Waals surface area (Å²) >= 11 is 5.92. The molecule has 14 rings (SSSR count). The van der Waals surface area contributed by atoms with E-state index in [1.54, 1.807) is 6.07 Å². The molecule has 616 valence electrons. The van der Waals surface area contributed by atoms with Crippen molar-refractivity contribution in [2.75, 3.05) is 85.6 Å². The molecule has 0 bridgehead atoms. The second kappa shape index (κ2) is 37.8. The molecule has 0 spiro atoms. The van der Waals surface area contributed by atoms with Crippen molar-refractivity contribution in [3.63, 3.8) is 0 Å². The van der Waals surface area contributed by atoms with Gasteiger partial charge in [-0.05, 0) is 175 Å². The molecule has 11 heterocycles. The quantitative estimate of drug-likeness (QED) is 0.0509. The average molecular weight is 1620 g/mol. The molecule has 28 nitrogen and oxygen atoms in total. The lowest BCUT2D eigenvalue weighted by molar-refractivity contribution is -0.155.